The van der Waals surface area contributed by atoms with E-state index in [-0.39, 0.29) is 23.8 Å². The molecule has 0 aliphatic heterocycles. The minimum absolute atomic E-state index is 0.0204. The van der Waals surface area contributed by atoms with Crippen molar-refractivity contribution in [2.24, 2.45) is 16.5 Å². The van der Waals surface area contributed by atoms with Crippen molar-refractivity contribution in [2.75, 3.05) is 6.54 Å². The molecule has 0 saturated carbocycles. The van der Waals surface area contributed by atoms with Crippen molar-refractivity contribution in [3.63, 3.8) is 0 Å². The van der Waals surface area contributed by atoms with Gasteiger partial charge >= 0.3 is 0 Å². The number of guanidine groups is 1. The number of carbonyl (C=O) groups is 2. The number of aliphatic imine (C=N–C) groups is 1. The maximum atomic E-state index is 12.4. The summed E-state index contributed by atoms with van der Waals surface area (Å²) in [6.07, 6.45) is 1.80. The molecular weight excluding hydrogens is 306 g/mol. The zero-order valence-corrected chi connectivity index (χ0v) is 14.3. The zero-order valence-electron chi connectivity index (χ0n) is 14.3. The molecule has 2 unspecified atom stereocenters. The van der Waals surface area contributed by atoms with Crippen LogP contribution in [-0.4, -0.2) is 36.4 Å². The van der Waals surface area contributed by atoms with Gasteiger partial charge in [0.15, 0.2) is 5.96 Å². The summed E-state index contributed by atoms with van der Waals surface area (Å²) in [4.78, 5) is 27.6. The second-order valence-corrected chi connectivity index (χ2v) is 5.80. The van der Waals surface area contributed by atoms with Crippen LogP contribution in [0, 0.1) is 0 Å². The monoisotopic (exact) mass is 333 g/mol. The summed E-state index contributed by atoms with van der Waals surface area (Å²) in [7, 11) is 0. The summed E-state index contributed by atoms with van der Waals surface area (Å²) in [5, 5.41) is 5.62. The van der Waals surface area contributed by atoms with Gasteiger partial charge in [-0.15, -0.1) is 0 Å². The fourth-order valence-corrected chi connectivity index (χ4v) is 2.38. The summed E-state index contributed by atoms with van der Waals surface area (Å²) in [5.74, 6) is -0.418. The number of carbonyl (C=O) groups excluding carboxylic acids is 2. The van der Waals surface area contributed by atoms with Crippen molar-refractivity contribution >= 4 is 17.8 Å². The van der Waals surface area contributed by atoms with Gasteiger partial charge in [-0.25, -0.2) is 0 Å². The first kappa shape index (κ1) is 19.5. The maximum Gasteiger partial charge on any atom is 0.242 e. The Morgan fingerprint density at radius 2 is 1.83 bits per heavy atom. The third kappa shape index (κ3) is 8.17. The summed E-state index contributed by atoms with van der Waals surface area (Å²) in [6.45, 7) is 3.75. The van der Waals surface area contributed by atoms with Crippen LogP contribution in [0.2, 0.25) is 0 Å². The zero-order chi connectivity index (χ0) is 17.9. The molecule has 132 valence electrons. The van der Waals surface area contributed by atoms with Gasteiger partial charge in [-0.05, 0) is 31.7 Å². The molecule has 0 aliphatic carbocycles. The number of rotatable bonds is 9. The normalized spacial score (nSPS) is 12.8. The Kier molecular flexibility index (Phi) is 8.32. The Labute approximate surface area is 142 Å². The van der Waals surface area contributed by atoms with E-state index >= 15 is 0 Å². The Hall–Kier alpha value is -2.57. The van der Waals surface area contributed by atoms with Crippen molar-refractivity contribution < 1.29 is 9.59 Å². The van der Waals surface area contributed by atoms with Crippen molar-refractivity contribution in [1.29, 1.82) is 0 Å². The Balaban J connectivity index is 2.53. The molecule has 0 saturated heterocycles. The lowest BCUT2D eigenvalue weighted by Crippen LogP contribution is -2.49. The summed E-state index contributed by atoms with van der Waals surface area (Å²) in [6, 6.07) is 9.30. The summed E-state index contributed by atoms with van der Waals surface area (Å²) >= 11 is 0. The van der Waals surface area contributed by atoms with E-state index in [9.17, 15) is 9.59 Å². The highest BCUT2D eigenvalue weighted by Crippen LogP contribution is 2.04. The first-order chi connectivity index (χ1) is 11.4. The Morgan fingerprint density at radius 1 is 1.17 bits per heavy atom. The molecule has 0 heterocycles. The van der Waals surface area contributed by atoms with Crippen LogP contribution in [0.3, 0.4) is 0 Å². The van der Waals surface area contributed by atoms with E-state index in [1.54, 1.807) is 0 Å². The minimum atomic E-state index is -0.588. The SMILES string of the molecule is CC(=O)NC(CCCN=C(N)N)C(=O)NC(C)Cc1ccccc1. The van der Waals surface area contributed by atoms with Crippen molar-refractivity contribution in [3.8, 4) is 0 Å². The van der Waals surface area contributed by atoms with Crippen LogP contribution >= 0.6 is 0 Å². The first-order valence-corrected chi connectivity index (χ1v) is 8.05. The van der Waals surface area contributed by atoms with Gasteiger partial charge in [0.1, 0.15) is 6.04 Å². The second-order valence-electron chi connectivity index (χ2n) is 5.80. The number of hydrogen-bond donors (Lipinski definition) is 4. The van der Waals surface area contributed by atoms with Crippen molar-refractivity contribution in [2.45, 2.75) is 45.2 Å². The van der Waals surface area contributed by atoms with Gasteiger partial charge in [0.25, 0.3) is 0 Å². The molecule has 0 spiro atoms. The molecule has 1 aromatic carbocycles. The molecular formula is C17H27N5O2. The van der Waals surface area contributed by atoms with Crippen LogP contribution in [0.1, 0.15) is 32.3 Å². The lowest BCUT2D eigenvalue weighted by Gasteiger charge is -2.21. The van der Waals surface area contributed by atoms with Crippen LogP contribution in [0.4, 0.5) is 0 Å². The van der Waals surface area contributed by atoms with Gasteiger partial charge in [-0.3, -0.25) is 14.6 Å². The van der Waals surface area contributed by atoms with Gasteiger partial charge in [-0.1, -0.05) is 30.3 Å². The molecule has 0 bridgehead atoms. The molecule has 2 amide bonds. The van der Waals surface area contributed by atoms with Crippen LogP contribution in [0.5, 0.6) is 0 Å². The largest absolute Gasteiger partial charge is 0.370 e. The Morgan fingerprint density at radius 3 is 2.42 bits per heavy atom. The molecule has 0 fully saturated rings. The average molecular weight is 333 g/mol. The van der Waals surface area contributed by atoms with E-state index in [1.807, 2.05) is 37.3 Å². The van der Waals surface area contributed by atoms with Crippen LogP contribution in [-0.2, 0) is 16.0 Å². The number of hydrogen-bond acceptors (Lipinski definition) is 3. The van der Waals surface area contributed by atoms with Crippen molar-refractivity contribution in [3.05, 3.63) is 35.9 Å². The topological polar surface area (TPSA) is 123 Å². The first-order valence-electron chi connectivity index (χ1n) is 8.05. The van der Waals surface area contributed by atoms with Gasteiger partial charge in [0.05, 0.1) is 0 Å². The second kappa shape index (κ2) is 10.3. The van der Waals surface area contributed by atoms with E-state index < -0.39 is 6.04 Å². The number of benzene rings is 1. The molecule has 0 radical (unpaired) electrons. The number of nitrogens with zero attached hydrogens (tertiary/aromatic N) is 1. The predicted octanol–water partition coefficient (Wildman–Crippen LogP) is 0.292. The quantitative estimate of drug-likeness (QED) is 0.295. The average Bonchev–Trinajstić information content (AvgIpc) is 2.50. The van der Waals surface area contributed by atoms with E-state index in [0.717, 1.165) is 12.0 Å². The maximum absolute atomic E-state index is 12.4. The Bertz CT molecular complexity index is 555. The van der Waals surface area contributed by atoms with Gasteiger partial charge in [0, 0.05) is 19.5 Å². The van der Waals surface area contributed by atoms with E-state index in [0.29, 0.717) is 19.4 Å². The third-order valence-corrected chi connectivity index (χ3v) is 3.41. The van der Waals surface area contributed by atoms with E-state index in [1.165, 1.54) is 6.92 Å². The molecule has 24 heavy (non-hydrogen) atoms. The fraction of sp³-hybridized carbons (Fsp3) is 0.471. The highest BCUT2D eigenvalue weighted by molar-refractivity contribution is 5.86. The molecule has 6 N–H and O–H groups in total. The highest BCUT2D eigenvalue weighted by atomic mass is 16.2. The van der Waals surface area contributed by atoms with Gasteiger partial charge < -0.3 is 22.1 Å². The molecule has 7 heteroatoms. The number of amides is 2. The molecule has 1 aromatic rings. The minimum Gasteiger partial charge on any atom is -0.370 e. The standard InChI is InChI=1S/C17H27N5O2/c1-12(11-14-7-4-3-5-8-14)21-16(24)15(22-13(2)23)9-6-10-20-17(18)19/h3-5,7-8,12,15H,6,9-11H2,1-2H3,(H,21,24)(H,22,23)(H4,18,19,20). The smallest absolute Gasteiger partial charge is 0.242 e. The number of nitrogens with two attached hydrogens (primary N) is 2. The van der Waals surface area contributed by atoms with Crippen LogP contribution < -0.4 is 22.1 Å². The molecule has 1 rings (SSSR count). The lowest BCUT2D eigenvalue weighted by molar-refractivity contribution is -0.128. The molecule has 7 nitrogen and oxygen atoms in total. The predicted molar refractivity (Wildman–Crippen MR) is 95.3 cm³/mol. The van der Waals surface area contributed by atoms with Crippen LogP contribution in [0.25, 0.3) is 0 Å². The molecule has 0 aliphatic rings. The van der Waals surface area contributed by atoms with Gasteiger partial charge in [0.2, 0.25) is 11.8 Å². The van der Waals surface area contributed by atoms with Crippen LogP contribution in [0.15, 0.2) is 35.3 Å². The van der Waals surface area contributed by atoms with E-state index in [4.69, 9.17) is 11.5 Å². The molecule has 0 aromatic heterocycles. The fourth-order valence-electron chi connectivity index (χ4n) is 2.38. The summed E-state index contributed by atoms with van der Waals surface area (Å²) < 4.78 is 0. The van der Waals surface area contributed by atoms with E-state index in [2.05, 4.69) is 15.6 Å². The molecule has 2 atom stereocenters. The lowest BCUT2D eigenvalue weighted by atomic mass is 10.1. The summed E-state index contributed by atoms with van der Waals surface area (Å²) in [5.41, 5.74) is 11.7. The van der Waals surface area contributed by atoms with Gasteiger partial charge in [-0.2, -0.15) is 0 Å². The number of nitrogens with one attached hydrogen (secondary N) is 2. The third-order valence-electron chi connectivity index (χ3n) is 3.41. The highest BCUT2D eigenvalue weighted by Gasteiger charge is 2.20. The van der Waals surface area contributed by atoms with Crippen molar-refractivity contribution in [1.82, 2.24) is 10.6 Å².